The Morgan fingerprint density at radius 3 is 1.70 bits per heavy atom. The number of aromatic nitrogens is 3. The van der Waals surface area contributed by atoms with Crippen LogP contribution in [0.1, 0.15) is 25.0 Å². The summed E-state index contributed by atoms with van der Waals surface area (Å²) in [6, 6.07) is 64.1. The molecule has 0 saturated heterocycles. The van der Waals surface area contributed by atoms with E-state index in [1.54, 1.807) is 0 Å². The predicted octanol–water partition coefficient (Wildman–Crippen LogP) is 13.8. The summed E-state index contributed by atoms with van der Waals surface area (Å²) in [5.74, 6) is 0.665. The molecule has 2 heterocycles. The first-order valence-electron chi connectivity index (χ1n) is 19.4. The molecule has 0 N–H and O–H groups in total. The molecule has 56 heavy (non-hydrogen) atoms. The lowest BCUT2D eigenvalue weighted by molar-refractivity contribution is 0.660. The molecule has 262 valence electrons. The fraction of sp³-hybridized carbons (Fsp3) is 0.0566. The molecule has 0 saturated carbocycles. The van der Waals surface area contributed by atoms with Crippen LogP contribution in [0.15, 0.2) is 176 Å². The summed E-state index contributed by atoms with van der Waals surface area (Å²) in [6.07, 6.45) is 0. The van der Waals surface area contributed by atoms with Gasteiger partial charge in [-0.3, -0.25) is 4.57 Å². The van der Waals surface area contributed by atoms with Gasteiger partial charge in [-0.25, -0.2) is 9.97 Å². The lowest BCUT2D eigenvalue weighted by Crippen LogP contribution is -2.14. The second kappa shape index (κ2) is 11.5. The molecule has 0 unspecified atom stereocenters. The van der Waals surface area contributed by atoms with Crippen molar-refractivity contribution in [2.75, 3.05) is 0 Å². The van der Waals surface area contributed by atoms with E-state index in [2.05, 4.69) is 194 Å². The quantitative estimate of drug-likeness (QED) is 0.171. The van der Waals surface area contributed by atoms with Crippen molar-refractivity contribution in [2.24, 2.45) is 0 Å². The lowest BCUT2D eigenvalue weighted by atomic mass is 9.81. The molecule has 0 atom stereocenters. The van der Waals surface area contributed by atoms with Gasteiger partial charge in [-0.2, -0.15) is 0 Å². The normalized spacial score (nSPS) is 13.3. The molecule has 0 radical (unpaired) electrons. The SMILES string of the molecule is CC1(C)c2ccccc2-c2ccc(-c3ccc4c(c3)c3ccccc3n4-c3nc(-c4ccc5c6ccccc6c6ccccc6c5c4)c4ccccc4n3)cc21. The van der Waals surface area contributed by atoms with Crippen LogP contribution in [0.25, 0.3) is 104 Å². The van der Waals surface area contributed by atoms with Crippen molar-refractivity contribution in [3.8, 4) is 39.5 Å². The molecule has 2 aromatic heterocycles. The highest BCUT2D eigenvalue weighted by atomic mass is 15.2. The number of hydrogen-bond donors (Lipinski definition) is 0. The first-order valence-corrected chi connectivity index (χ1v) is 19.4. The third-order valence-electron chi connectivity index (χ3n) is 12.4. The standard InChI is InChI=1S/C53H35N3/c1-53(2)46-20-10-7-17-40(46)41-27-23-33(31-47(41)53)32-25-28-50-45(29-32)42-18-9-12-22-49(42)56(50)52-54-48-21-11-8-19-43(48)51(55-52)34-24-26-39-37-15-4-3-13-35(37)36-14-5-6-16-38(36)44(39)30-34/h3-31H,1-2H3. The van der Waals surface area contributed by atoms with Gasteiger partial charge in [-0.05, 0) is 102 Å². The molecule has 0 amide bonds. The van der Waals surface area contributed by atoms with E-state index in [9.17, 15) is 0 Å². The van der Waals surface area contributed by atoms with E-state index >= 15 is 0 Å². The fourth-order valence-corrected chi connectivity index (χ4v) is 9.69. The van der Waals surface area contributed by atoms with Crippen LogP contribution in [-0.2, 0) is 5.41 Å². The topological polar surface area (TPSA) is 30.7 Å². The van der Waals surface area contributed by atoms with E-state index in [0.717, 1.165) is 33.2 Å². The zero-order valence-corrected chi connectivity index (χ0v) is 31.1. The molecule has 12 rings (SSSR count). The van der Waals surface area contributed by atoms with Crippen LogP contribution in [0, 0.1) is 0 Å². The van der Waals surface area contributed by atoms with E-state index in [4.69, 9.17) is 9.97 Å². The number of fused-ring (bicyclic) bond motifs is 13. The summed E-state index contributed by atoms with van der Waals surface area (Å²) in [6.45, 7) is 4.69. The average molecular weight is 714 g/mol. The van der Waals surface area contributed by atoms with E-state index in [-0.39, 0.29) is 5.41 Å². The molecular weight excluding hydrogens is 679 g/mol. The largest absolute Gasteiger partial charge is 0.278 e. The second-order valence-electron chi connectivity index (χ2n) is 15.8. The van der Waals surface area contributed by atoms with Gasteiger partial charge in [0.25, 0.3) is 0 Å². The minimum atomic E-state index is -0.0564. The third-order valence-corrected chi connectivity index (χ3v) is 12.4. The van der Waals surface area contributed by atoms with Crippen molar-refractivity contribution in [2.45, 2.75) is 19.3 Å². The Hall–Kier alpha value is -7.10. The van der Waals surface area contributed by atoms with Gasteiger partial charge in [0.05, 0.1) is 22.2 Å². The minimum absolute atomic E-state index is 0.0564. The number of benzene rings is 9. The Balaban J connectivity index is 1.06. The van der Waals surface area contributed by atoms with E-state index < -0.39 is 0 Å². The van der Waals surface area contributed by atoms with Crippen molar-refractivity contribution >= 4 is 65.0 Å². The summed E-state index contributed by atoms with van der Waals surface area (Å²) >= 11 is 0. The Labute approximate surface area is 324 Å². The van der Waals surface area contributed by atoms with Crippen LogP contribution in [-0.4, -0.2) is 14.5 Å². The summed E-state index contributed by atoms with van der Waals surface area (Å²) in [5, 5.41) is 10.9. The van der Waals surface area contributed by atoms with Gasteiger partial charge < -0.3 is 0 Å². The van der Waals surface area contributed by atoms with Crippen LogP contribution in [0.4, 0.5) is 0 Å². The molecular formula is C53H35N3. The first kappa shape index (κ1) is 31.3. The third kappa shape index (κ3) is 4.34. The molecule has 1 aliphatic carbocycles. The Bertz CT molecular complexity index is 3420. The highest BCUT2D eigenvalue weighted by Gasteiger charge is 2.35. The molecule has 0 fully saturated rings. The molecule has 9 aromatic carbocycles. The Kier molecular flexibility index (Phi) is 6.40. The predicted molar refractivity (Wildman–Crippen MR) is 235 cm³/mol. The molecule has 11 aromatic rings. The number of para-hydroxylation sites is 2. The number of hydrogen-bond acceptors (Lipinski definition) is 2. The Morgan fingerprint density at radius 1 is 0.375 bits per heavy atom. The van der Waals surface area contributed by atoms with Crippen LogP contribution >= 0.6 is 0 Å². The highest BCUT2D eigenvalue weighted by Crippen LogP contribution is 2.50. The van der Waals surface area contributed by atoms with Gasteiger partial charge >= 0.3 is 0 Å². The fourth-order valence-electron chi connectivity index (χ4n) is 9.69. The van der Waals surface area contributed by atoms with E-state index in [1.807, 2.05) is 0 Å². The molecule has 1 aliphatic rings. The van der Waals surface area contributed by atoms with Crippen molar-refractivity contribution in [1.29, 1.82) is 0 Å². The second-order valence-corrected chi connectivity index (χ2v) is 15.8. The molecule has 3 heteroatoms. The molecule has 0 spiro atoms. The summed E-state index contributed by atoms with van der Waals surface area (Å²) in [4.78, 5) is 10.7. The van der Waals surface area contributed by atoms with Gasteiger partial charge in [-0.15, -0.1) is 0 Å². The maximum atomic E-state index is 5.47. The van der Waals surface area contributed by atoms with Gasteiger partial charge in [-0.1, -0.05) is 153 Å². The zero-order chi connectivity index (χ0) is 37.1. The summed E-state index contributed by atoms with van der Waals surface area (Å²) < 4.78 is 2.25. The van der Waals surface area contributed by atoms with Gasteiger partial charge in [0.15, 0.2) is 0 Å². The summed E-state index contributed by atoms with van der Waals surface area (Å²) in [7, 11) is 0. The van der Waals surface area contributed by atoms with E-state index in [0.29, 0.717) is 5.95 Å². The van der Waals surface area contributed by atoms with Crippen LogP contribution in [0.3, 0.4) is 0 Å². The smallest absolute Gasteiger partial charge is 0.235 e. The van der Waals surface area contributed by atoms with Crippen molar-refractivity contribution < 1.29 is 0 Å². The van der Waals surface area contributed by atoms with Crippen molar-refractivity contribution in [1.82, 2.24) is 14.5 Å². The van der Waals surface area contributed by atoms with Crippen LogP contribution in [0.5, 0.6) is 0 Å². The molecule has 3 nitrogen and oxygen atoms in total. The lowest BCUT2D eigenvalue weighted by Gasteiger charge is -2.22. The molecule has 0 bridgehead atoms. The van der Waals surface area contributed by atoms with Gasteiger partial charge in [0, 0.05) is 27.1 Å². The van der Waals surface area contributed by atoms with Crippen molar-refractivity contribution in [3.05, 3.63) is 187 Å². The van der Waals surface area contributed by atoms with Crippen LogP contribution < -0.4 is 0 Å². The maximum absolute atomic E-state index is 5.47. The monoisotopic (exact) mass is 713 g/mol. The summed E-state index contributed by atoms with van der Waals surface area (Å²) in [5.41, 5.74) is 12.9. The van der Waals surface area contributed by atoms with Crippen LogP contribution in [0.2, 0.25) is 0 Å². The first-order chi connectivity index (χ1) is 27.5. The minimum Gasteiger partial charge on any atom is -0.278 e. The van der Waals surface area contributed by atoms with Crippen molar-refractivity contribution in [3.63, 3.8) is 0 Å². The Morgan fingerprint density at radius 2 is 0.911 bits per heavy atom. The maximum Gasteiger partial charge on any atom is 0.235 e. The average Bonchev–Trinajstić information content (AvgIpc) is 3.71. The number of nitrogens with zero attached hydrogens (tertiary/aromatic N) is 3. The highest BCUT2D eigenvalue weighted by molar-refractivity contribution is 6.26. The molecule has 0 aliphatic heterocycles. The number of rotatable bonds is 3. The van der Waals surface area contributed by atoms with Gasteiger partial charge in [0.2, 0.25) is 5.95 Å². The zero-order valence-electron chi connectivity index (χ0n) is 31.1. The van der Waals surface area contributed by atoms with E-state index in [1.165, 1.54) is 76.5 Å². The van der Waals surface area contributed by atoms with Gasteiger partial charge in [0.1, 0.15) is 0 Å².